The summed E-state index contributed by atoms with van der Waals surface area (Å²) in [7, 11) is 0. The summed E-state index contributed by atoms with van der Waals surface area (Å²) in [5, 5.41) is 7.37. The van der Waals surface area contributed by atoms with E-state index < -0.39 is 0 Å². The van der Waals surface area contributed by atoms with Gasteiger partial charge in [0, 0.05) is 5.75 Å². The highest BCUT2D eigenvalue weighted by Gasteiger charge is 1.86. The van der Waals surface area contributed by atoms with E-state index in [1.807, 2.05) is 6.08 Å². The molecule has 1 heterocycles. The van der Waals surface area contributed by atoms with Crippen LogP contribution in [0, 0.1) is 0 Å². The third kappa shape index (κ3) is 1.89. The summed E-state index contributed by atoms with van der Waals surface area (Å²) in [6.45, 7) is 3.58. The van der Waals surface area contributed by atoms with Crippen molar-refractivity contribution in [2.24, 2.45) is 0 Å². The molecule has 4 heteroatoms. The van der Waals surface area contributed by atoms with E-state index in [0.29, 0.717) is 0 Å². The fourth-order valence-electron chi connectivity index (χ4n) is 0.395. The molecular weight excluding hydrogens is 134 g/mol. The van der Waals surface area contributed by atoms with E-state index in [-0.39, 0.29) is 0 Å². The molecule has 0 amide bonds. The van der Waals surface area contributed by atoms with Gasteiger partial charge in [-0.05, 0) is 11.9 Å². The summed E-state index contributed by atoms with van der Waals surface area (Å²) >= 11 is 1.55. The van der Waals surface area contributed by atoms with Crippen LogP contribution in [0.4, 0.5) is 0 Å². The molecule has 0 atom stereocenters. The SMILES string of the molecule is C=CCSn1ccnn1. The van der Waals surface area contributed by atoms with Crippen LogP contribution >= 0.6 is 11.9 Å². The van der Waals surface area contributed by atoms with Crippen molar-refractivity contribution in [1.29, 1.82) is 0 Å². The molecule has 3 nitrogen and oxygen atoms in total. The molecule has 0 spiro atoms. The van der Waals surface area contributed by atoms with E-state index in [2.05, 4.69) is 16.9 Å². The summed E-state index contributed by atoms with van der Waals surface area (Å²) in [5.74, 6) is 0.864. The number of rotatable bonds is 3. The van der Waals surface area contributed by atoms with Crippen molar-refractivity contribution in [3.63, 3.8) is 0 Å². The van der Waals surface area contributed by atoms with Gasteiger partial charge in [0.2, 0.25) is 0 Å². The van der Waals surface area contributed by atoms with Crippen LogP contribution in [0.1, 0.15) is 0 Å². The van der Waals surface area contributed by atoms with Crippen molar-refractivity contribution >= 4 is 11.9 Å². The van der Waals surface area contributed by atoms with Crippen LogP contribution in [0.2, 0.25) is 0 Å². The summed E-state index contributed by atoms with van der Waals surface area (Å²) < 4.78 is 1.70. The molecule has 1 aromatic rings. The van der Waals surface area contributed by atoms with E-state index in [0.717, 1.165) is 5.75 Å². The van der Waals surface area contributed by atoms with Crippen molar-refractivity contribution in [2.75, 3.05) is 5.75 Å². The minimum atomic E-state index is 0.864. The second-order valence-corrected chi connectivity index (χ2v) is 2.36. The maximum absolute atomic E-state index is 3.74. The first kappa shape index (κ1) is 6.35. The van der Waals surface area contributed by atoms with Crippen LogP contribution in [0.25, 0.3) is 0 Å². The van der Waals surface area contributed by atoms with Gasteiger partial charge in [0.1, 0.15) is 0 Å². The minimum absolute atomic E-state index is 0.864. The summed E-state index contributed by atoms with van der Waals surface area (Å²) in [6.07, 6.45) is 5.27. The Balaban J connectivity index is 2.38. The van der Waals surface area contributed by atoms with Gasteiger partial charge in [-0.1, -0.05) is 11.3 Å². The smallest absolute Gasteiger partial charge is 0.0704 e. The Labute approximate surface area is 57.9 Å². The van der Waals surface area contributed by atoms with Crippen LogP contribution in [0.5, 0.6) is 0 Å². The maximum Gasteiger partial charge on any atom is 0.0704 e. The molecule has 9 heavy (non-hydrogen) atoms. The lowest BCUT2D eigenvalue weighted by molar-refractivity contribution is 0.891. The van der Waals surface area contributed by atoms with Gasteiger partial charge in [-0.15, -0.1) is 11.7 Å². The summed E-state index contributed by atoms with van der Waals surface area (Å²) in [6, 6.07) is 0. The highest BCUT2D eigenvalue weighted by molar-refractivity contribution is 7.97. The number of nitrogens with zero attached hydrogens (tertiary/aromatic N) is 3. The molecule has 0 fully saturated rings. The van der Waals surface area contributed by atoms with E-state index in [4.69, 9.17) is 0 Å². The van der Waals surface area contributed by atoms with Crippen LogP contribution in [0.3, 0.4) is 0 Å². The number of hydrogen-bond acceptors (Lipinski definition) is 3. The molecular formula is C5H7N3S. The van der Waals surface area contributed by atoms with Gasteiger partial charge < -0.3 is 0 Å². The fraction of sp³-hybridized carbons (Fsp3) is 0.200. The van der Waals surface area contributed by atoms with Crippen molar-refractivity contribution in [3.8, 4) is 0 Å². The Morgan fingerprint density at radius 3 is 3.22 bits per heavy atom. The van der Waals surface area contributed by atoms with Crippen LogP contribution in [-0.2, 0) is 0 Å². The molecule has 0 saturated carbocycles. The largest absolute Gasteiger partial charge is 0.194 e. The number of hydrogen-bond donors (Lipinski definition) is 0. The fourth-order valence-corrected chi connectivity index (χ4v) is 0.888. The van der Waals surface area contributed by atoms with Gasteiger partial charge in [-0.3, -0.25) is 0 Å². The van der Waals surface area contributed by atoms with Crippen molar-refractivity contribution < 1.29 is 0 Å². The molecule has 0 aliphatic rings. The Morgan fingerprint density at radius 2 is 2.67 bits per heavy atom. The van der Waals surface area contributed by atoms with Gasteiger partial charge in [-0.2, -0.15) is 4.09 Å². The standard InChI is InChI=1S/C5H7N3S/c1-2-5-9-8-4-3-6-7-8/h2-4H,1,5H2. The minimum Gasteiger partial charge on any atom is -0.194 e. The van der Waals surface area contributed by atoms with Crippen LogP contribution in [0.15, 0.2) is 25.0 Å². The molecule has 0 bridgehead atoms. The number of aromatic nitrogens is 3. The Kier molecular flexibility index (Phi) is 2.32. The second kappa shape index (κ2) is 3.29. The lowest BCUT2D eigenvalue weighted by atomic mass is 10.8. The first-order valence-corrected chi connectivity index (χ1v) is 3.48. The van der Waals surface area contributed by atoms with Gasteiger partial charge in [-0.25, -0.2) is 0 Å². The van der Waals surface area contributed by atoms with Crippen molar-refractivity contribution in [1.82, 2.24) is 14.4 Å². The van der Waals surface area contributed by atoms with E-state index in [1.54, 1.807) is 28.4 Å². The summed E-state index contributed by atoms with van der Waals surface area (Å²) in [4.78, 5) is 0. The average Bonchev–Trinajstić information content (AvgIpc) is 2.34. The molecule has 0 N–H and O–H groups in total. The van der Waals surface area contributed by atoms with Crippen LogP contribution < -0.4 is 0 Å². The first-order valence-electron chi connectivity index (χ1n) is 2.54. The Bertz CT molecular complexity index is 170. The average molecular weight is 141 g/mol. The molecule has 0 aliphatic heterocycles. The third-order valence-corrected chi connectivity index (χ3v) is 1.57. The highest BCUT2D eigenvalue weighted by Crippen LogP contribution is 2.00. The Hall–Kier alpha value is -0.770. The lowest BCUT2D eigenvalue weighted by Gasteiger charge is -1.90. The zero-order chi connectivity index (χ0) is 6.53. The predicted molar refractivity (Wildman–Crippen MR) is 38.1 cm³/mol. The normalized spacial score (nSPS) is 9.33. The van der Waals surface area contributed by atoms with Gasteiger partial charge in [0.15, 0.2) is 0 Å². The predicted octanol–water partition coefficient (Wildman–Crippen LogP) is 0.960. The quantitative estimate of drug-likeness (QED) is 0.587. The topological polar surface area (TPSA) is 30.7 Å². The zero-order valence-corrected chi connectivity index (χ0v) is 5.71. The van der Waals surface area contributed by atoms with E-state index >= 15 is 0 Å². The third-order valence-electron chi connectivity index (χ3n) is 0.725. The molecule has 0 aliphatic carbocycles. The zero-order valence-electron chi connectivity index (χ0n) is 4.90. The lowest BCUT2D eigenvalue weighted by Crippen LogP contribution is -1.87. The first-order chi connectivity index (χ1) is 4.43. The molecule has 0 unspecified atom stereocenters. The maximum atomic E-state index is 3.74. The van der Waals surface area contributed by atoms with Gasteiger partial charge in [0.25, 0.3) is 0 Å². The monoisotopic (exact) mass is 141 g/mol. The van der Waals surface area contributed by atoms with E-state index in [9.17, 15) is 0 Å². The van der Waals surface area contributed by atoms with E-state index in [1.165, 1.54) is 0 Å². The summed E-state index contributed by atoms with van der Waals surface area (Å²) in [5.41, 5.74) is 0. The van der Waals surface area contributed by atoms with Crippen molar-refractivity contribution in [2.45, 2.75) is 0 Å². The molecule has 0 saturated heterocycles. The second-order valence-electron chi connectivity index (χ2n) is 1.39. The molecule has 0 aromatic carbocycles. The van der Waals surface area contributed by atoms with Gasteiger partial charge in [0.05, 0.1) is 12.4 Å². The molecule has 48 valence electrons. The van der Waals surface area contributed by atoms with Crippen molar-refractivity contribution in [3.05, 3.63) is 25.0 Å². The van der Waals surface area contributed by atoms with Gasteiger partial charge >= 0.3 is 0 Å². The molecule has 0 radical (unpaired) electrons. The molecule has 1 rings (SSSR count). The van der Waals surface area contributed by atoms with Crippen LogP contribution in [-0.4, -0.2) is 20.2 Å². The highest BCUT2D eigenvalue weighted by atomic mass is 32.2. The molecule has 1 aromatic heterocycles. The Morgan fingerprint density at radius 1 is 1.78 bits per heavy atom.